The molecule has 1 rings (SSSR count). The lowest BCUT2D eigenvalue weighted by Gasteiger charge is -2.35. The lowest BCUT2D eigenvalue weighted by atomic mass is 10.1. The number of carboxylic acids is 1. The molecule has 122 valence electrons. The van der Waals surface area contributed by atoms with E-state index >= 15 is 0 Å². The maximum absolute atomic E-state index is 12.2. The molecule has 0 aromatic rings. The van der Waals surface area contributed by atoms with Crippen LogP contribution in [0.1, 0.15) is 45.4 Å². The van der Waals surface area contributed by atoms with Crippen molar-refractivity contribution in [1.82, 2.24) is 9.80 Å². The normalized spacial score (nSPS) is 17.7. The Morgan fingerprint density at radius 3 is 2.38 bits per heavy atom. The van der Waals surface area contributed by atoms with Crippen molar-refractivity contribution < 1.29 is 14.7 Å². The minimum Gasteiger partial charge on any atom is -0.481 e. The molecule has 6 heteroatoms. The summed E-state index contributed by atoms with van der Waals surface area (Å²) in [5.41, 5.74) is 5.93. The second-order valence-electron chi connectivity index (χ2n) is 5.77. The summed E-state index contributed by atoms with van der Waals surface area (Å²) in [5.74, 6) is -0.652. The van der Waals surface area contributed by atoms with Gasteiger partial charge in [0.25, 0.3) is 0 Å². The van der Waals surface area contributed by atoms with Crippen LogP contribution in [0.2, 0.25) is 0 Å². The highest BCUT2D eigenvalue weighted by atomic mass is 16.4. The molecular formula is C15H29N3O3. The fourth-order valence-electron chi connectivity index (χ4n) is 2.59. The standard InChI is InChI=1S/C15H29N3O3/c1-2-3-6-13(16)15(21)18-11-9-17(10-12-18)8-5-4-7-14(19)20/h13H,2-12,16H2,1H3,(H,19,20)/t13-/m0/s1. The van der Waals surface area contributed by atoms with Crippen LogP contribution in [0, 0.1) is 0 Å². The molecule has 6 nitrogen and oxygen atoms in total. The molecule has 1 saturated heterocycles. The molecule has 1 heterocycles. The molecule has 0 radical (unpaired) electrons. The van der Waals surface area contributed by atoms with Crippen LogP contribution >= 0.6 is 0 Å². The number of carbonyl (C=O) groups excluding carboxylic acids is 1. The Kier molecular flexibility index (Phi) is 8.30. The van der Waals surface area contributed by atoms with Crippen LogP contribution in [-0.4, -0.2) is 65.5 Å². The zero-order valence-electron chi connectivity index (χ0n) is 13.1. The molecule has 0 aliphatic carbocycles. The largest absolute Gasteiger partial charge is 0.481 e. The first-order valence-electron chi connectivity index (χ1n) is 8.03. The van der Waals surface area contributed by atoms with Crippen LogP contribution < -0.4 is 5.73 Å². The third kappa shape index (κ3) is 6.91. The van der Waals surface area contributed by atoms with Crippen molar-refractivity contribution in [1.29, 1.82) is 0 Å². The first kappa shape index (κ1) is 17.9. The van der Waals surface area contributed by atoms with E-state index in [4.69, 9.17) is 10.8 Å². The number of nitrogens with two attached hydrogens (primary N) is 1. The predicted octanol–water partition coefficient (Wildman–Crippen LogP) is 0.903. The number of piperazine rings is 1. The van der Waals surface area contributed by atoms with Gasteiger partial charge < -0.3 is 15.7 Å². The summed E-state index contributed by atoms with van der Waals surface area (Å²) >= 11 is 0. The maximum atomic E-state index is 12.2. The summed E-state index contributed by atoms with van der Waals surface area (Å²) in [4.78, 5) is 26.8. The highest BCUT2D eigenvalue weighted by Gasteiger charge is 2.24. The topological polar surface area (TPSA) is 86.9 Å². The summed E-state index contributed by atoms with van der Waals surface area (Å²) in [5, 5.41) is 8.59. The first-order valence-corrected chi connectivity index (χ1v) is 8.03. The Labute approximate surface area is 127 Å². The highest BCUT2D eigenvalue weighted by molar-refractivity contribution is 5.81. The molecule has 1 fully saturated rings. The minimum atomic E-state index is -0.730. The van der Waals surface area contributed by atoms with E-state index in [1.807, 2.05) is 4.90 Å². The number of aliphatic carboxylic acids is 1. The van der Waals surface area contributed by atoms with Crippen LogP contribution in [0.3, 0.4) is 0 Å². The Morgan fingerprint density at radius 2 is 1.81 bits per heavy atom. The van der Waals surface area contributed by atoms with Gasteiger partial charge in [0.15, 0.2) is 0 Å². The highest BCUT2D eigenvalue weighted by Crippen LogP contribution is 2.08. The van der Waals surface area contributed by atoms with E-state index in [9.17, 15) is 9.59 Å². The van der Waals surface area contributed by atoms with Gasteiger partial charge in [0.2, 0.25) is 5.91 Å². The van der Waals surface area contributed by atoms with E-state index < -0.39 is 5.97 Å². The number of hydrogen-bond donors (Lipinski definition) is 2. The lowest BCUT2D eigenvalue weighted by molar-refractivity contribution is -0.137. The van der Waals surface area contributed by atoms with E-state index in [1.54, 1.807) is 0 Å². The molecule has 1 amide bonds. The van der Waals surface area contributed by atoms with E-state index in [-0.39, 0.29) is 18.4 Å². The van der Waals surface area contributed by atoms with Gasteiger partial charge in [-0.1, -0.05) is 19.8 Å². The molecule has 0 aromatic heterocycles. The van der Waals surface area contributed by atoms with Crippen LogP contribution in [0.15, 0.2) is 0 Å². The van der Waals surface area contributed by atoms with Gasteiger partial charge in [0.1, 0.15) is 0 Å². The van der Waals surface area contributed by atoms with E-state index in [2.05, 4.69) is 11.8 Å². The number of carbonyl (C=O) groups is 2. The number of nitrogens with zero attached hydrogens (tertiary/aromatic N) is 2. The molecule has 1 aliphatic heterocycles. The number of amides is 1. The van der Waals surface area contributed by atoms with Crippen LogP contribution in [-0.2, 0) is 9.59 Å². The summed E-state index contributed by atoms with van der Waals surface area (Å²) in [6.07, 6.45) is 4.68. The Hall–Kier alpha value is -1.14. The average molecular weight is 299 g/mol. The third-order valence-corrected chi connectivity index (χ3v) is 3.98. The molecule has 0 unspecified atom stereocenters. The van der Waals surface area contributed by atoms with Crippen LogP contribution in [0.4, 0.5) is 0 Å². The number of carboxylic acid groups (broad SMARTS) is 1. The number of hydrogen-bond acceptors (Lipinski definition) is 4. The number of unbranched alkanes of at least 4 members (excludes halogenated alkanes) is 2. The monoisotopic (exact) mass is 299 g/mol. The van der Waals surface area contributed by atoms with Gasteiger partial charge in [-0.05, 0) is 25.8 Å². The second kappa shape index (κ2) is 9.73. The van der Waals surface area contributed by atoms with Crippen LogP contribution in [0.25, 0.3) is 0 Å². The SMILES string of the molecule is CCCC[C@H](N)C(=O)N1CCN(CCCCC(=O)O)CC1. The summed E-state index contributed by atoms with van der Waals surface area (Å²) in [6.45, 7) is 6.20. The van der Waals surface area contributed by atoms with Crippen molar-refractivity contribution in [3.8, 4) is 0 Å². The van der Waals surface area contributed by atoms with Crippen molar-refractivity contribution in [2.45, 2.75) is 51.5 Å². The Balaban J connectivity index is 2.19. The van der Waals surface area contributed by atoms with E-state index in [0.717, 1.165) is 64.8 Å². The molecule has 0 saturated carbocycles. The van der Waals surface area contributed by atoms with Gasteiger partial charge in [0.05, 0.1) is 6.04 Å². The van der Waals surface area contributed by atoms with Crippen LogP contribution in [0.5, 0.6) is 0 Å². The minimum absolute atomic E-state index is 0.0778. The third-order valence-electron chi connectivity index (χ3n) is 3.98. The molecule has 1 atom stereocenters. The van der Waals surface area contributed by atoms with Crippen molar-refractivity contribution in [2.24, 2.45) is 5.73 Å². The smallest absolute Gasteiger partial charge is 0.303 e. The fraction of sp³-hybridized carbons (Fsp3) is 0.867. The Morgan fingerprint density at radius 1 is 1.14 bits per heavy atom. The lowest BCUT2D eigenvalue weighted by Crippen LogP contribution is -2.53. The first-order chi connectivity index (χ1) is 10.0. The molecule has 0 bridgehead atoms. The van der Waals surface area contributed by atoms with Crippen molar-refractivity contribution in [2.75, 3.05) is 32.7 Å². The molecule has 1 aliphatic rings. The van der Waals surface area contributed by atoms with Gasteiger partial charge in [-0.3, -0.25) is 14.5 Å². The number of rotatable bonds is 9. The van der Waals surface area contributed by atoms with Gasteiger partial charge >= 0.3 is 5.97 Å². The van der Waals surface area contributed by atoms with E-state index in [1.165, 1.54) is 0 Å². The molecule has 0 aromatic carbocycles. The van der Waals surface area contributed by atoms with Gasteiger partial charge in [-0.25, -0.2) is 0 Å². The van der Waals surface area contributed by atoms with Gasteiger partial charge in [-0.15, -0.1) is 0 Å². The average Bonchev–Trinajstić information content (AvgIpc) is 2.49. The molecular weight excluding hydrogens is 270 g/mol. The van der Waals surface area contributed by atoms with E-state index in [0.29, 0.717) is 0 Å². The fourth-order valence-corrected chi connectivity index (χ4v) is 2.59. The second-order valence-corrected chi connectivity index (χ2v) is 5.77. The summed E-state index contributed by atoms with van der Waals surface area (Å²) in [7, 11) is 0. The molecule has 3 N–H and O–H groups in total. The molecule has 0 spiro atoms. The van der Waals surface area contributed by atoms with Gasteiger partial charge in [0, 0.05) is 32.6 Å². The summed E-state index contributed by atoms with van der Waals surface area (Å²) in [6, 6.07) is -0.355. The predicted molar refractivity (Wildman–Crippen MR) is 82.0 cm³/mol. The zero-order chi connectivity index (χ0) is 15.7. The maximum Gasteiger partial charge on any atom is 0.303 e. The quantitative estimate of drug-likeness (QED) is 0.618. The van der Waals surface area contributed by atoms with Gasteiger partial charge in [-0.2, -0.15) is 0 Å². The van der Waals surface area contributed by atoms with Crippen molar-refractivity contribution >= 4 is 11.9 Å². The Bertz CT molecular complexity index is 328. The summed E-state index contributed by atoms with van der Waals surface area (Å²) < 4.78 is 0. The van der Waals surface area contributed by atoms with Crippen molar-refractivity contribution in [3.63, 3.8) is 0 Å². The molecule has 21 heavy (non-hydrogen) atoms. The zero-order valence-corrected chi connectivity index (χ0v) is 13.1. The van der Waals surface area contributed by atoms with Crippen molar-refractivity contribution in [3.05, 3.63) is 0 Å².